The van der Waals surface area contributed by atoms with E-state index in [1.165, 1.54) is 12.8 Å². The van der Waals surface area contributed by atoms with Gasteiger partial charge in [-0.15, -0.1) is 0 Å². The van der Waals surface area contributed by atoms with E-state index in [1.54, 1.807) is 14.0 Å². The third-order valence-corrected chi connectivity index (χ3v) is 5.18. The zero-order valence-electron chi connectivity index (χ0n) is 16.6. The Labute approximate surface area is 166 Å². The van der Waals surface area contributed by atoms with Gasteiger partial charge in [0.05, 0.1) is 25.3 Å². The Morgan fingerprint density at radius 2 is 1.89 bits per heavy atom. The first-order valence-electron chi connectivity index (χ1n) is 9.97. The van der Waals surface area contributed by atoms with E-state index in [1.807, 2.05) is 24.3 Å². The van der Waals surface area contributed by atoms with Crippen LogP contribution >= 0.6 is 0 Å². The van der Waals surface area contributed by atoms with Gasteiger partial charge < -0.3 is 20.1 Å². The molecule has 0 bridgehead atoms. The molecule has 28 heavy (non-hydrogen) atoms. The van der Waals surface area contributed by atoms with Gasteiger partial charge >= 0.3 is 12.0 Å². The Hall–Kier alpha value is -2.54. The summed E-state index contributed by atoms with van der Waals surface area (Å²) in [7, 11) is 1.58. The van der Waals surface area contributed by atoms with Crippen LogP contribution < -0.4 is 15.4 Å². The molecule has 0 aliphatic carbocycles. The fraction of sp³-hybridized carbons (Fsp3) is 0.524. The monoisotopic (exact) mass is 387 g/mol. The Balaban J connectivity index is 2.01. The lowest BCUT2D eigenvalue weighted by molar-refractivity contribution is -0.139. The molecule has 2 N–H and O–H groups in total. The van der Waals surface area contributed by atoms with Crippen molar-refractivity contribution in [1.29, 1.82) is 0 Å². The Morgan fingerprint density at radius 1 is 1.18 bits per heavy atom. The molecule has 1 aromatic rings. The fourth-order valence-corrected chi connectivity index (χ4v) is 3.85. The average molecular weight is 387 g/mol. The molecule has 0 spiro atoms. The van der Waals surface area contributed by atoms with Crippen LogP contribution in [0.15, 0.2) is 35.5 Å². The first-order valence-corrected chi connectivity index (χ1v) is 9.97. The molecule has 0 aromatic heterocycles. The van der Waals surface area contributed by atoms with Gasteiger partial charge in [-0.1, -0.05) is 31.0 Å². The van der Waals surface area contributed by atoms with Crippen molar-refractivity contribution in [2.75, 3.05) is 33.4 Å². The Kier molecular flexibility index (Phi) is 6.92. The number of nitrogens with zero attached hydrogens (tertiary/aromatic N) is 1. The van der Waals surface area contributed by atoms with Crippen molar-refractivity contribution in [2.24, 2.45) is 0 Å². The number of amides is 2. The van der Waals surface area contributed by atoms with Gasteiger partial charge in [0.25, 0.3) is 0 Å². The number of methoxy groups -OCH3 is 1. The highest BCUT2D eigenvalue weighted by Gasteiger charge is 2.35. The fourth-order valence-electron chi connectivity index (χ4n) is 3.85. The van der Waals surface area contributed by atoms with E-state index in [0.717, 1.165) is 31.5 Å². The minimum atomic E-state index is -0.620. The van der Waals surface area contributed by atoms with Crippen molar-refractivity contribution in [3.63, 3.8) is 0 Å². The molecule has 1 aromatic carbocycles. The van der Waals surface area contributed by atoms with Gasteiger partial charge in [-0.2, -0.15) is 0 Å². The zero-order valence-corrected chi connectivity index (χ0v) is 16.6. The number of rotatable bonds is 6. The van der Waals surface area contributed by atoms with Gasteiger partial charge in [-0.05, 0) is 38.9 Å². The predicted molar refractivity (Wildman–Crippen MR) is 106 cm³/mol. The number of likely N-dealkylation sites (tertiary alicyclic amines) is 1. The lowest BCUT2D eigenvalue weighted by atomic mass is 9.94. The molecule has 3 rings (SSSR count). The number of hydrogen-bond acceptors (Lipinski definition) is 5. The van der Waals surface area contributed by atoms with Gasteiger partial charge in [0.2, 0.25) is 0 Å². The topological polar surface area (TPSA) is 79.9 Å². The summed E-state index contributed by atoms with van der Waals surface area (Å²) in [5, 5.41) is 5.73. The summed E-state index contributed by atoms with van der Waals surface area (Å²) in [5.41, 5.74) is 1.78. The molecule has 7 heteroatoms. The van der Waals surface area contributed by atoms with Crippen LogP contribution in [-0.4, -0.2) is 50.3 Å². The first-order chi connectivity index (χ1) is 13.6. The van der Waals surface area contributed by atoms with Crippen LogP contribution in [0.25, 0.3) is 0 Å². The van der Waals surface area contributed by atoms with Crippen molar-refractivity contribution in [1.82, 2.24) is 15.5 Å². The second-order valence-electron chi connectivity index (χ2n) is 7.08. The second-order valence-corrected chi connectivity index (χ2v) is 7.08. The summed E-state index contributed by atoms with van der Waals surface area (Å²) in [5.74, 6) is 0.196. The van der Waals surface area contributed by atoms with Crippen molar-refractivity contribution in [3.05, 3.63) is 41.1 Å². The number of esters is 1. The predicted octanol–water partition coefficient (Wildman–Crippen LogP) is 2.74. The van der Waals surface area contributed by atoms with Crippen LogP contribution in [0, 0.1) is 0 Å². The normalized spacial score (nSPS) is 20.8. The van der Waals surface area contributed by atoms with Gasteiger partial charge in [0, 0.05) is 17.8 Å². The number of carbonyl (C=O) groups is 2. The summed E-state index contributed by atoms with van der Waals surface area (Å²) in [6, 6.07) is 6.46. The minimum Gasteiger partial charge on any atom is -0.496 e. The molecule has 7 nitrogen and oxygen atoms in total. The second kappa shape index (κ2) is 9.59. The zero-order chi connectivity index (χ0) is 19.9. The van der Waals surface area contributed by atoms with Crippen LogP contribution in [0.3, 0.4) is 0 Å². The van der Waals surface area contributed by atoms with E-state index in [9.17, 15) is 9.59 Å². The summed E-state index contributed by atoms with van der Waals surface area (Å²) < 4.78 is 10.8. The summed E-state index contributed by atoms with van der Waals surface area (Å²) in [6.45, 7) is 4.49. The van der Waals surface area contributed by atoms with Gasteiger partial charge in [-0.3, -0.25) is 4.90 Å². The summed E-state index contributed by atoms with van der Waals surface area (Å²) in [6.07, 6.45) is 4.70. The molecule has 2 amide bonds. The quantitative estimate of drug-likeness (QED) is 0.734. The first kappa shape index (κ1) is 20.2. The smallest absolute Gasteiger partial charge is 0.338 e. The molecule has 0 saturated carbocycles. The van der Waals surface area contributed by atoms with Crippen LogP contribution in [0.5, 0.6) is 5.75 Å². The third-order valence-electron chi connectivity index (χ3n) is 5.18. The highest BCUT2D eigenvalue weighted by molar-refractivity contribution is 5.95. The van der Waals surface area contributed by atoms with Crippen LogP contribution in [0.4, 0.5) is 4.79 Å². The SMILES string of the molecule is CCOC(=O)C1=C(CN2CCCCCC2)NC(=O)N[C@H]1c1ccccc1OC. The van der Waals surface area contributed by atoms with E-state index in [-0.39, 0.29) is 12.6 Å². The molecule has 152 valence electrons. The number of para-hydroxylation sites is 1. The van der Waals surface area contributed by atoms with Crippen LogP contribution in [0.1, 0.15) is 44.2 Å². The summed E-state index contributed by atoms with van der Waals surface area (Å²) in [4.78, 5) is 27.6. The number of urea groups is 1. The van der Waals surface area contributed by atoms with Crippen molar-refractivity contribution < 1.29 is 19.1 Å². The van der Waals surface area contributed by atoms with Crippen molar-refractivity contribution in [3.8, 4) is 5.75 Å². The van der Waals surface area contributed by atoms with Crippen LogP contribution in [-0.2, 0) is 9.53 Å². The lowest BCUT2D eigenvalue weighted by Crippen LogP contribution is -2.48. The standard InChI is InChI=1S/C21H29N3O4/c1-3-28-20(25)18-16(14-24-12-8-4-5-9-13-24)22-21(26)23-19(18)15-10-6-7-11-17(15)27-2/h6-7,10-11,19H,3-5,8-9,12-14H2,1-2H3,(H2,22,23,26)/t19-/m0/s1. The van der Waals surface area contributed by atoms with Gasteiger partial charge in [0.15, 0.2) is 0 Å². The molecule has 1 saturated heterocycles. The number of ether oxygens (including phenoxy) is 2. The molecule has 1 atom stereocenters. The molecule has 2 aliphatic heterocycles. The van der Waals surface area contributed by atoms with E-state index >= 15 is 0 Å². The minimum absolute atomic E-state index is 0.270. The maximum atomic E-state index is 12.9. The molecule has 0 unspecified atom stereocenters. The van der Waals surface area contributed by atoms with E-state index < -0.39 is 12.0 Å². The Bertz CT molecular complexity index is 739. The summed E-state index contributed by atoms with van der Waals surface area (Å²) >= 11 is 0. The maximum absolute atomic E-state index is 12.9. The highest BCUT2D eigenvalue weighted by atomic mass is 16.5. The maximum Gasteiger partial charge on any atom is 0.338 e. The third kappa shape index (κ3) is 4.65. The molecule has 2 aliphatic rings. The Morgan fingerprint density at radius 3 is 2.57 bits per heavy atom. The number of hydrogen-bond donors (Lipinski definition) is 2. The molecular formula is C21H29N3O4. The van der Waals surface area contributed by atoms with E-state index in [0.29, 0.717) is 23.6 Å². The average Bonchev–Trinajstić information content (AvgIpc) is 2.96. The van der Waals surface area contributed by atoms with E-state index in [4.69, 9.17) is 9.47 Å². The molecule has 0 radical (unpaired) electrons. The van der Waals surface area contributed by atoms with Crippen LogP contribution in [0.2, 0.25) is 0 Å². The highest BCUT2D eigenvalue weighted by Crippen LogP contribution is 2.33. The van der Waals surface area contributed by atoms with Gasteiger partial charge in [-0.25, -0.2) is 9.59 Å². The van der Waals surface area contributed by atoms with Gasteiger partial charge in [0.1, 0.15) is 5.75 Å². The number of nitrogens with one attached hydrogen (secondary N) is 2. The molecule has 1 fully saturated rings. The molecular weight excluding hydrogens is 358 g/mol. The largest absolute Gasteiger partial charge is 0.496 e. The lowest BCUT2D eigenvalue weighted by Gasteiger charge is -2.32. The van der Waals surface area contributed by atoms with Crippen molar-refractivity contribution >= 4 is 12.0 Å². The molecule has 2 heterocycles. The van der Waals surface area contributed by atoms with E-state index in [2.05, 4.69) is 15.5 Å². The number of benzene rings is 1. The number of carbonyl (C=O) groups excluding carboxylic acids is 2. The van der Waals surface area contributed by atoms with Crippen molar-refractivity contribution in [2.45, 2.75) is 38.6 Å².